The number of carbonyl (C=O) groups excluding carboxylic acids is 1. The van der Waals surface area contributed by atoms with Crippen LogP contribution in [0, 0.1) is 6.92 Å². The van der Waals surface area contributed by atoms with Crippen molar-refractivity contribution in [2.24, 2.45) is 0 Å². The maximum atomic E-state index is 12.4. The summed E-state index contributed by atoms with van der Waals surface area (Å²) in [4.78, 5) is 12.4. The highest BCUT2D eigenvalue weighted by atomic mass is 35.5. The van der Waals surface area contributed by atoms with Gasteiger partial charge in [-0.2, -0.15) is 0 Å². The smallest absolute Gasteiger partial charge is 0.234 e. The molecule has 1 aliphatic heterocycles. The molecule has 0 saturated carbocycles. The summed E-state index contributed by atoms with van der Waals surface area (Å²) in [7, 11) is -3.29. The van der Waals surface area contributed by atoms with Gasteiger partial charge < -0.3 is 4.74 Å². The fraction of sp³-hybridized carbons (Fsp3) is 0.316. The molecule has 3 rings (SSSR count). The number of Topliss-reactive ketones (excluding diaryl/α,β-unsaturated/α-hetero) is 1. The van der Waals surface area contributed by atoms with Gasteiger partial charge in [-0.25, -0.2) is 8.42 Å². The van der Waals surface area contributed by atoms with Gasteiger partial charge in [0.1, 0.15) is 5.75 Å². The van der Waals surface area contributed by atoms with E-state index in [0.717, 1.165) is 11.1 Å². The number of hydrogen-bond acceptors (Lipinski definition) is 4. The van der Waals surface area contributed by atoms with Crippen LogP contribution in [0.15, 0.2) is 36.4 Å². The minimum atomic E-state index is -3.29. The first kappa shape index (κ1) is 18.7. The molecule has 0 aliphatic carbocycles. The Hall–Kier alpha value is -2.05. The van der Waals surface area contributed by atoms with Crippen LogP contribution in [-0.2, 0) is 16.4 Å². The number of anilines is 1. The Labute approximate surface area is 158 Å². The Kier molecular flexibility index (Phi) is 5.25. The highest BCUT2D eigenvalue weighted by molar-refractivity contribution is 7.92. The van der Waals surface area contributed by atoms with Crippen LogP contribution >= 0.6 is 11.6 Å². The van der Waals surface area contributed by atoms with Crippen molar-refractivity contribution in [2.45, 2.75) is 20.3 Å². The van der Waals surface area contributed by atoms with Crippen LogP contribution < -0.4 is 9.04 Å². The maximum absolute atomic E-state index is 12.4. The van der Waals surface area contributed by atoms with Crippen molar-refractivity contribution in [1.82, 2.24) is 0 Å². The van der Waals surface area contributed by atoms with Gasteiger partial charge in [0, 0.05) is 17.1 Å². The molecule has 0 fully saturated rings. The van der Waals surface area contributed by atoms with Gasteiger partial charge in [0.05, 0.1) is 11.4 Å². The molecular weight excluding hydrogens is 374 g/mol. The van der Waals surface area contributed by atoms with Crippen LogP contribution in [-0.4, -0.2) is 33.1 Å². The number of aryl methyl sites for hydroxylation is 1. The lowest BCUT2D eigenvalue weighted by Crippen LogP contribution is -2.30. The molecule has 2 aromatic carbocycles. The summed E-state index contributed by atoms with van der Waals surface area (Å²) in [5, 5.41) is 0.617. The van der Waals surface area contributed by atoms with E-state index >= 15 is 0 Å². The molecule has 0 spiro atoms. The van der Waals surface area contributed by atoms with E-state index in [1.54, 1.807) is 43.3 Å². The number of hydrogen-bond donors (Lipinski definition) is 0. The summed E-state index contributed by atoms with van der Waals surface area (Å²) >= 11 is 5.91. The van der Waals surface area contributed by atoms with E-state index in [1.807, 2.05) is 6.92 Å². The average molecular weight is 394 g/mol. The second-order valence-corrected chi connectivity index (χ2v) is 8.81. The largest absolute Gasteiger partial charge is 0.485 e. The predicted octanol–water partition coefficient (Wildman–Crippen LogP) is 3.62. The molecule has 0 saturated heterocycles. The third kappa shape index (κ3) is 3.71. The minimum absolute atomic E-state index is 0.0569. The Morgan fingerprint density at radius 3 is 2.69 bits per heavy atom. The van der Waals surface area contributed by atoms with Gasteiger partial charge in [-0.3, -0.25) is 9.10 Å². The van der Waals surface area contributed by atoms with E-state index in [2.05, 4.69) is 0 Å². The van der Waals surface area contributed by atoms with Crippen LogP contribution in [0.1, 0.15) is 28.4 Å². The first-order valence-corrected chi connectivity index (χ1v) is 10.4. The molecule has 2 aromatic rings. The zero-order valence-electron chi connectivity index (χ0n) is 14.7. The first-order valence-electron chi connectivity index (χ1n) is 8.37. The fourth-order valence-corrected chi connectivity index (χ4v) is 4.38. The molecule has 0 atom stereocenters. The quantitative estimate of drug-likeness (QED) is 0.703. The van der Waals surface area contributed by atoms with Crippen LogP contribution in [0.25, 0.3) is 0 Å². The number of ketones is 1. The third-order valence-corrected chi connectivity index (χ3v) is 6.47. The Morgan fingerprint density at radius 1 is 1.23 bits per heavy atom. The van der Waals surface area contributed by atoms with Gasteiger partial charge in [0.25, 0.3) is 0 Å². The van der Waals surface area contributed by atoms with E-state index < -0.39 is 10.0 Å². The molecule has 0 N–H and O–H groups in total. The Morgan fingerprint density at radius 2 is 2.00 bits per heavy atom. The van der Waals surface area contributed by atoms with Crippen molar-refractivity contribution < 1.29 is 17.9 Å². The summed E-state index contributed by atoms with van der Waals surface area (Å²) in [6.07, 6.45) is 0.604. The Bertz CT molecular complexity index is 956. The monoisotopic (exact) mass is 393 g/mol. The maximum Gasteiger partial charge on any atom is 0.234 e. The van der Waals surface area contributed by atoms with E-state index in [4.69, 9.17) is 16.3 Å². The second-order valence-electron chi connectivity index (χ2n) is 6.19. The molecular formula is C19H20ClNO4S. The van der Waals surface area contributed by atoms with Crippen LogP contribution in [0.5, 0.6) is 5.75 Å². The normalized spacial score (nSPS) is 13.6. The van der Waals surface area contributed by atoms with E-state index in [1.165, 1.54) is 4.31 Å². The number of rotatable bonds is 6. The van der Waals surface area contributed by atoms with Crippen LogP contribution in [0.3, 0.4) is 0 Å². The van der Waals surface area contributed by atoms with Crippen LogP contribution in [0.2, 0.25) is 5.02 Å². The fourth-order valence-electron chi connectivity index (χ4n) is 2.99. The van der Waals surface area contributed by atoms with Gasteiger partial charge >= 0.3 is 0 Å². The predicted molar refractivity (Wildman–Crippen MR) is 103 cm³/mol. The molecule has 0 unspecified atom stereocenters. The number of ether oxygens (including phenoxy) is 1. The summed E-state index contributed by atoms with van der Waals surface area (Å²) in [5.41, 5.74) is 2.92. The third-order valence-electron chi connectivity index (χ3n) is 4.45. The van der Waals surface area contributed by atoms with Gasteiger partial charge in [0.2, 0.25) is 10.0 Å². The Balaban J connectivity index is 1.74. The summed E-state index contributed by atoms with van der Waals surface area (Å²) in [6, 6.07) is 10.4. The van der Waals surface area contributed by atoms with Crippen molar-refractivity contribution in [2.75, 3.05) is 23.2 Å². The second kappa shape index (κ2) is 7.29. The number of benzene rings is 2. The van der Waals surface area contributed by atoms with Crippen molar-refractivity contribution >= 4 is 33.1 Å². The topological polar surface area (TPSA) is 63.7 Å². The zero-order valence-corrected chi connectivity index (χ0v) is 16.2. The van der Waals surface area contributed by atoms with Crippen molar-refractivity contribution in [3.8, 4) is 5.75 Å². The molecule has 138 valence electrons. The number of carbonyl (C=O) groups is 1. The molecule has 0 amide bonds. The molecule has 5 nitrogen and oxygen atoms in total. The number of fused-ring (bicyclic) bond motifs is 1. The van der Waals surface area contributed by atoms with Gasteiger partial charge in [-0.1, -0.05) is 11.6 Å². The van der Waals surface area contributed by atoms with Gasteiger partial charge in [-0.15, -0.1) is 0 Å². The van der Waals surface area contributed by atoms with Crippen LogP contribution in [0.4, 0.5) is 5.69 Å². The number of halogens is 1. The zero-order chi connectivity index (χ0) is 18.9. The molecule has 7 heteroatoms. The SMILES string of the molecule is CCS(=O)(=O)N1CCc2cc(C(=O)COc3ccc(Cl)cc3C)ccc21. The van der Waals surface area contributed by atoms with Gasteiger partial charge in [-0.05, 0) is 67.8 Å². The molecule has 1 aliphatic rings. The van der Waals surface area contributed by atoms with Crippen molar-refractivity contribution in [3.63, 3.8) is 0 Å². The summed E-state index contributed by atoms with van der Waals surface area (Å²) < 4.78 is 31.3. The minimum Gasteiger partial charge on any atom is -0.485 e. The lowest BCUT2D eigenvalue weighted by molar-refractivity contribution is 0.0921. The molecule has 0 aromatic heterocycles. The lowest BCUT2D eigenvalue weighted by atomic mass is 10.1. The summed E-state index contributed by atoms with van der Waals surface area (Å²) in [5.74, 6) is 0.518. The van der Waals surface area contributed by atoms with Gasteiger partial charge in [0.15, 0.2) is 12.4 Å². The molecule has 0 bridgehead atoms. The standard InChI is InChI=1S/C19H20ClNO4S/c1-3-26(23,24)21-9-8-14-11-15(4-6-17(14)21)18(22)12-25-19-7-5-16(20)10-13(19)2/h4-7,10-11H,3,8-9,12H2,1-2H3. The molecule has 1 heterocycles. The highest BCUT2D eigenvalue weighted by Gasteiger charge is 2.28. The summed E-state index contributed by atoms with van der Waals surface area (Å²) in [6.45, 7) is 3.83. The highest BCUT2D eigenvalue weighted by Crippen LogP contribution is 2.31. The van der Waals surface area contributed by atoms with E-state index in [9.17, 15) is 13.2 Å². The average Bonchev–Trinajstić information content (AvgIpc) is 3.04. The van der Waals surface area contributed by atoms with E-state index in [-0.39, 0.29) is 18.1 Å². The first-order chi connectivity index (χ1) is 12.3. The number of nitrogens with zero attached hydrogens (tertiary/aromatic N) is 1. The van der Waals surface area contributed by atoms with Crippen molar-refractivity contribution in [1.29, 1.82) is 0 Å². The number of sulfonamides is 1. The van der Waals surface area contributed by atoms with Crippen molar-refractivity contribution in [3.05, 3.63) is 58.1 Å². The molecule has 0 radical (unpaired) electrons. The lowest BCUT2D eigenvalue weighted by Gasteiger charge is -2.18. The molecule has 26 heavy (non-hydrogen) atoms. The van der Waals surface area contributed by atoms with E-state index in [0.29, 0.717) is 35.0 Å².